The Morgan fingerprint density at radius 3 is 2.67 bits per heavy atom. The third kappa shape index (κ3) is 4.53. The lowest BCUT2D eigenvalue weighted by Gasteiger charge is -2.23. The fourth-order valence-corrected chi connectivity index (χ4v) is 4.62. The minimum absolute atomic E-state index is 0.0311. The van der Waals surface area contributed by atoms with Crippen molar-refractivity contribution in [3.8, 4) is 0 Å². The molecule has 0 bridgehead atoms. The number of methoxy groups -OCH3 is 1. The number of nitrogens with one attached hydrogen (secondary N) is 1. The molecule has 0 unspecified atom stereocenters. The molecule has 0 spiro atoms. The summed E-state index contributed by atoms with van der Waals surface area (Å²) in [6.07, 6.45) is 2.31. The largest absolute Gasteiger partial charge is 0.467 e. The van der Waals surface area contributed by atoms with Gasteiger partial charge in [-0.25, -0.2) is 18.2 Å². The van der Waals surface area contributed by atoms with E-state index in [1.807, 2.05) is 0 Å². The molecule has 2 heterocycles. The number of hydrogen-bond acceptors (Lipinski definition) is 6. The van der Waals surface area contributed by atoms with Crippen molar-refractivity contribution in [2.75, 3.05) is 18.4 Å². The summed E-state index contributed by atoms with van der Waals surface area (Å²) in [5, 5.41) is 0.569. The lowest BCUT2D eigenvalue weighted by Crippen LogP contribution is -2.41. The highest BCUT2D eigenvalue weighted by atomic mass is 35.5. The van der Waals surface area contributed by atoms with Crippen LogP contribution in [-0.2, 0) is 19.6 Å². The van der Waals surface area contributed by atoms with Crippen LogP contribution in [0.2, 0.25) is 10.0 Å². The lowest BCUT2D eigenvalue weighted by atomic mass is 10.2. The predicted octanol–water partition coefficient (Wildman–Crippen LogP) is 3.28. The molecule has 1 fully saturated rings. The number of sulfonamides is 1. The average Bonchev–Trinajstić information content (AvgIpc) is 3.18. The zero-order valence-corrected chi connectivity index (χ0v) is 18.5. The second-order valence-corrected chi connectivity index (χ2v) is 9.27. The number of anilines is 1. The zero-order valence-electron chi connectivity index (χ0n) is 16.2. The number of nitrogens with zero attached hydrogens (tertiary/aromatic N) is 2. The van der Waals surface area contributed by atoms with Gasteiger partial charge in [0.1, 0.15) is 6.04 Å². The number of benzene rings is 1. The van der Waals surface area contributed by atoms with Crippen molar-refractivity contribution >= 4 is 50.8 Å². The normalized spacial score (nSPS) is 16.4. The molecule has 30 heavy (non-hydrogen) atoms. The Labute approximate surface area is 184 Å². The summed E-state index contributed by atoms with van der Waals surface area (Å²) < 4.78 is 32.9. The molecular formula is C19H19Cl2N3O5S. The Bertz CT molecular complexity index is 1110. The van der Waals surface area contributed by atoms with Gasteiger partial charge >= 0.3 is 5.97 Å². The van der Waals surface area contributed by atoms with Crippen molar-refractivity contribution in [1.29, 1.82) is 0 Å². The van der Waals surface area contributed by atoms with E-state index in [1.165, 1.54) is 42.5 Å². The molecule has 1 saturated heterocycles. The molecular weight excluding hydrogens is 453 g/mol. The Hall–Kier alpha value is -2.36. The van der Waals surface area contributed by atoms with E-state index in [-0.39, 0.29) is 21.3 Å². The Morgan fingerprint density at radius 1 is 1.27 bits per heavy atom. The minimum Gasteiger partial charge on any atom is -0.467 e. The maximum Gasteiger partial charge on any atom is 0.328 e. The number of carbonyl (C=O) groups is 2. The van der Waals surface area contributed by atoms with Gasteiger partial charge in [-0.3, -0.25) is 9.52 Å². The molecule has 0 aliphatic carbocycles. The number of amides is 1. The molecule has 1 aliphatic heterocycles. The number of rotatable bonds is 5. The van der Waals surface area contributed by atoms with E-state index in [0.29, 0.717) is 30.0 Å². The maximum atomic E-state index is 13.1. The Balaban J connectivity index is 1.96. The van der Waals surface area contributed by atoms with Crippen molar-refractivity contribution in [1.82, 2.24) is 9.88 Å². The average molecular weight is 472 g/mol. The summed E-state index contributed by atoms with van der Waals surface area (Å²) in [5.74, 6) is -1.13. The van der Waals surface area contributed by atoms with Gasteiger partial charge < -0.3 is 9.64 Å². The topological polar surface area (TPSA) is 106 Å². The standard InChI is InChI=1S/C19H19Cl2N3O5S/c1-11-8-13(5-6-14(11)21)30(27,28)23-15-9-12(20)10-22-17(15)18(25)24-7-3-4-16(24)19(26)29-2/h5-6,8-10,16,23H,3-4,7H2,1-2H3/t16-/m0/s1. The summed E-state index contributed by atoms with van der Waals surface area (Å²) in [6.45, 7) is 2.00. The quantitative estimate of drug-likeness (QED) is 0.670. The summed E-state index contributed by atoms with van der Waals surface area (Å²) in [5.41, 5.74) is 0.332. The van der Waals surface area contributed by atoms with Gasteiger partial charge in [-0.15, -0.1) is 0 Å². The van der Waals surface area contributed by atoms with Gasteiger partial charge in [0, 0.05) is 17.8 Å². The molecule has 2 aromatic rings. The molecule has 1 aromatic heterocycles. The van der Waals surface area contributed by atoms with Gasteiger partial charge in [0.25, 0.3) is 15.9 Å². The number of carbonyl (C=O) groups excluding carboxylic acids is 2. The van der Waals surface area contributed by atoms with E-state index in [1.54, 1.807) is 6.92 Å². The number of pyridine rings is 1. The van der Waals surface area contributed by atoms with E-state index in [4.69, 9.17) is 27.9 Å². The van der Waals surface area contributed by atoms with Crippen molar-refractivity contribution in [3.05, 3.63) is 51.8 Å². The summed E-state index contributed by atoms with van der Waals surface area (Å²) in [7, 11) is -2.81. The predicted molar refractivity (Wildman–Crippen MR) is 112 cm³/mol. The number of aryl methyl sites for hydroxylation is 1. The second-order valence-electron chi connectivity index (χ2n) is 6.75. The van der Waals surface area contributed by atoms with Crippen molar-refractivity contribution in [2.24, 2.45) is 0 Å². The number of hydrogen-bond donors (Lipinski definition) is 1. The molecule has 1 amide bonds. The SMILES string of the molecule is COC(=O)[C@@H]1CCCN1C(=O)c1ncc(Cl)cc1NS(=O)(=O)c1ccc(Cl)c(C)c1. The molecule has 0 radical (unpaired) electrons. The number of ether oxygens (including phenoxy) is 1. The van der Waals surface area contributed by atoms with Gasteiger partial charge in [-0.1, -0.05) is 23.2 Å². The molecule has 8 nitrogen and oxygen atoms in total. The van der Waals surface area contributed by atoms with E-state index < -0.39 is 27.9 Å². The van der Waals surface area contributed by atoms with Gasteiger partial charge in [0.2, 0.25) is 0 Å². The van der Waals surface area contributed by atoms with E-state index in [0.717, 1.165) is 0 Å². The Kier molecular flexibility index (Phi) is 6.54. The van der Waals surface area contributed by atoms with E-state index in [2.05, 4.69) is 9.71 Å². The van der Waals surface area contributed by atoms with Crippen molar-refractivity contribution in [2.45, 2.75) is 30.7 Å². The Morgan fingerprint density at radius 2 is 2.00 bits per heavy atom. The summed E-state index contributed by atoms with van der Waals surface area (Å²) in [4.78, 5) is 30.4. The highest BCUT2D eigenvalue weighted by Crippen LogP contribution is 2.28. The number of esters is 1. The third-order valence-corrected chi connectivity index (χ3v) is 6.72. The second kappa shape index (κ2) is 8.79. The molecule has 160 valence electrons. The van der Waals surface area contributed by atoms with Crippen molar-refractivity contribution in [3.63, 3.8) is 0 Å². The summed E-state index contributed by atoms with van der Waals surface area (Å²) >= 11 is 12.0. The van der Waals surface area contributed by atoms with Crippen LogP contribution in [0.1, 0.15) is 28.9 Å². The molecule has 11 heteroatoms. The zero-order chi connectivity index (χ0) is 22.1. The van der Waals surface area contributed by atoms with Crippen LogP contribution in [0.3, 0.4) is 0 Å². The first-order chi connectivity index (χ1) is 14.1. The molecule has 3 rings (SSSR count). The molecule has 1 aromatic carbocycles. The highest BCUT2D eigenvalue weighted by Gasteiger charge is 2.37. The van der Waals surface area contributed by atoms with E-state index >= 15 is 0 Å². The monoisotopic (exact) mass is 471 g/mol. The molecule has 1 N–H and O–H groups in total. The van der Waals surface area contributed by atoms with Gasteiger partial charge in [0.05, 0.1) is 22.7 Å². The highest BCUT2D eigenvalue weighted by molar-refractivity contribution is 7.92. The first-order valence-corrected chi connectivity index (χ1v) is 11.2. The van der Waals surface area contributed by atoms with Gasteiger partial charge in [-0.2, -0.15) is 0 Å². The first kappa shape index (κ1) is 22.3. The number of likely N-dealkylation sites (tertiary alicyclic amines) is 1. The molecule has 0 saturated carbocycles. The van der Waals surface area contributed by atoms with Gasteiger partial charge in [-0.05, 0) is 49.6 Å². The van der Waals surface area contributed by atoms with Crippen LogP contribution >= 0.6 is 23.2 Å². The van der Waals surface area contributed by atoms with Crippen molar-refractivity contribution < 1.29 is 22.7 Å². The van der Waals surface area contributed by atoms with Crippen LogP contribution in [0.15, 0.2) is 35.4 Å². The first-order valence-electron chi connectivity index (χ1n) is 8.97. The smallest absolute Gasteiger partial charge is 0.328 e. The molecule has 1 atom stereocenters. The fourth-order valence-electron chi connectivity index (χ4n) is 3.20. The molecule has 1 aliphatic rings. The minimum atomic E-state index is -4.05. The van der Waals surface area contributed by atoms with Crippen LogP contribution in [0.25, 0.3) is 0 Å². The summed E-state index contributed by atoms with van der Waals surface area (Å²) in [6, 6.07) is 4.79. The van der Waals surface area contributed by atoms with Gasteiger partial charge in [0.15, 0.2) is 5.69 Å². The van der Waals surface area contributed by atoms with Crippen LogP contribution in [0.4, 0.5) is 5.69 Å². The third-order valence-electron chi connectivity index (χ3n) is 4.73. The fraction of sp³-hybridized carbons (Fsp3) is 0.316. The van der Waals surface area contributed by atoms with Crippen LogP contribution in [0, 0.1) is 6.92 Å². The van der Waals surface area contributed by atoms with Crippen LogP contribution in [0.5, 0.6) is 0 Å². The number of halogens is 2. The van der Waals surface area contributed by atoms with Crippen LogP contribution in [-0.4, -0.2) is 49.9 Å². The maximum absolute atomic E-state index is 13.1. The number of aromatic nitrogens is 1. The van der Waals surface area contributed by atoms with E-state index in [9.17, 15) is 18.0 Å². The van der Waals surface area contributed by atoms with Crippen LogP contribution < -0.4 is 4.72 Å². The lowest BCUT2D eigenvalue weighted by molar-refractivity contribution is -0.145.